The molecule has 3 saturated heterocycles. The molecule has 246 valence electrons. The Morgan fingerprint density at radius 2 is 1.74 bits per heavy atom. The van der Waals surface area contributed by atoms with Gasteiger partial charge in [-0.1, -0.05) is 41.4 Å². The topological polar surface area (TPSA) is 103 Å². The first-order chi connectivity index (χ1) is 22.8. The van der Waals surface area contributed by atoms with Crippen molar-refractivity contribution in [1.82, 2.24) is 14.9 Å². The van der Waals surface area contributed by atoms with Crippen molar-refractivity contribution in [2.45, 2.75) is 38.0 Å². The lowest BCUT2D eigenvalue weighted by Crippen LogP contribution is -2.53. The monoisotopic (exact) mass is 696 g/mol. The van der Waals surface area contributed by atoms with E-state index in [0.717, 1.165) is 38.0 Å². The third-order valence-electron chi connectivity index (χ3n) is 8.62. The lowest BCUT2D eigenvalue weighted by atomic mass is 9.86. The first-order valence-electron chi connectivity index (χ1n) is 15.2. The first kappa shape index (κ1) is 33.0. The summed E-state index contributed by atoms with van der Waals surface area (Å²) < 4.78 is 23.0. The third kappa shape index (κ3) is 7.65. The molecule has 1 amide bonds. The van der Waals surface area contributed by atoms with Crippen LogP contribution in [0, 0.1) is 5.92 Å². The molecule has 0 spiro atoms. The molecule has 13 heteroatoms. The van der Waals surface area contributed by atoms with Crippen LogP contribution in [-0.2, 0) is 22.4 Å². The number of carbonyl (C=O) groups is 2. The molecule has 10 nitrogen and oxygen atoms in total. The molecule has 0 saturated carbocycles. The van der Waals surface area contributed by atoms with Crippen LogP contribution < -0.4 is 14.4 Å². The van der Waals surface area contributed by atoms with Crippen LogP contribution in [0.15, 0.2) is 66.4 Å². The summed E-state index contributed by atoms with van der Waals surface area (Å²) in [7, 11) is 3.08. The molecule has 2 bridgehead atoms. The number of hydrogen-bond donors (Lipinski definition) is 0. The number of anilines is 1. The number of carbonyl (C=O) groups excluding carboxylic acids is 2. The van der Waals surface area contributed by atoms with E-state index in [4.69, 9.17) is 42.1 Å². The first-order valence-corrected chi connectivity index (χ1v) is 16.9. The number of pyridine rings is 1. The Labute approximate surface area is 287 Å². The summed E-state index contributed by atoms with van der Waals surface area (Å²) in [5, 5.41) is 3.09. The van der Waals surface area contributed by atoms with E-state index in [1.807, 2.05) is 5.38 Å². The van der Waals surface area contributed by atoms with Crippen molar-refractivity contribution in [3.63, 3.8) is 0 Å². The van der Waals surface area contributed by atoms with Gasteiger partial charge in [0.15, 0.2) is 16.6 Å². The normalized spacial score (nSPS) is 19.1. The zero-order valence-electron chi connectivity index (χ0n) is 25.9. The highest BCUT2D eigenvalue weighted by molar-refractivity contribution is 7.13. The number of rotatable bonds is 11. The van der Waals surface area contributed by atoms with E-state index in [1.54, 1.807) is 60.7 Å². The molecule has 47 heavy (non-hydrogen) atoms. The van der Waals surface area contributed by atoms with Crippen LogP contribution in [0.1, 0.15) is 46.0 Å². The lowest BCUT2D eigenvalue weighted by Gasteiger charge is -2.44. The van der Waals surface area contributed by atoms with Crippen molar-refractivity contribution in [2.24, 2.45) is 5.92 Å². The van der Waals surface area contributed by atoms with E-state index in [-0.39, 0.29) is 19.1 Å². The Kier molecular flexibility index (Phi) is 10.5. The number of piperidine rings is 3. The van der Waals surface area contributed by atoms with Crippen LogP contribution in [0.3, 0.4) is 0 Å². The van der Waals surface area contributed by atoms with Crippen molar-refractivity contribution in [1.29, 1.82) is 0 Å². The van der Waals surface area contributed by atoms with Gasteiger partial charge in [-0.15, -0.1) is 11.3 Å². The van der Waals surface area contributed by atoms with Crippen LogP contribution in [0.2, 0.25) is 10.0 Å². The molecule has 0 radical (unpaired) electrons. The highest BCUT2D eigenvalue weighted by atomic mass is 35.5. The van der Waals surface area contributed by atoms with Crippen molar-refractivity contribution in [3.05, 3.63) is 98.7 Å². The van der Waals surface area contributed by atoms with Crippen molar-refractivity contribution >= 4 is 51.7 Å². The highest BCUT2D eigenvalue weighted by Gasteiger charge is 2.37. The summed E-state index contributed by atoms with van der Waals surface area (Å²) in [6.45, 7) is 3.12. The highest BCUT2D eigenvalue weighted by Crippen LogP contribution is 2.36. The van der Waals surface area contributed by atoms with E-state index in [1.165, 1.54) is 30.8 Å². The molecule has 0 unspecified atom stereocenters. The second-order valence-corrected chi connectivity index (χ2v) is 13.1. The number of aromatic nitrogens is 2. The van der Waals surface area contributed by atoms with E-state index < -0.39 is 18.2 Å². The van der Waals surface area contributed by atoms with Crippen molar-refractivity contribution < 1.29 is 28.5 Å². The van der Waals surface area contributed by atoms with E-state index in [9.17, 15) is 9.59 Å². The average Bonchev–Trinajstić information content (AvgIpc) is 3.63. The number of fused-ring (bicyclic) bond motifs is 3. The van der Waals surface area contributed by atoms with E-state index in [2.05, 4.69) is 14.9 Å². The van der Waals surface area contributed by atoms with Crippen LogP contribution >= 0.6 is 34.5 Å². The zero-order valence-corrected chi connectivity index (χ0v) is 28.3. The third-order valence-corrected chi connectivity index (χ3v) is 10.1. The number of nitrogens with zero attached hydrogens (tertiary/aromatic N) is 4. The quantitative estimate of drug-likeness (QED) is 0.150. The summed E-state index contributed by atoms with van der Waals surface area (Å²) in [6, 6.07) is 12.2. The summed E-state index contributed by atoms with van der Waals surface area (Å²) in [4.78, 5) is 39.3. The molecule has 2 aromatic carbocycles. The summed E-state index contributed by atoms with van der Waals surface area (Å²) in [6.07, 6.45) is 5.63. The number of thiazole rings is 1. The molecule has 3 aliphatic rings. The lowest BCUT2D eigenvalue weighted by molar-refractivity contribution is -0.0311. The maximum atomic E-state index is 13.5. The predicted octanol–water partition coefficient (Wildman–Crippen LogP) is 7.24. The van der Waals surface area contributed by atoms with Gasteiger partial charge in [-0.3, -0.25) is 9.88 Å². The minimum absolute atomic E-state index is 0.125. The molecule has 7 rings (SSSR count). The number of halogens is 2. The van der Waals surface area contributed by atoms with Gasteiger partial charge in [-0.2, -0.15) is 0 Å². The van der Waals surface area contributed by atoms with Gasteiger partial charge in [0.2, 0.25) is 0 Å². The Bertz CT molecular complexity index is 1680. The van der Waals surface area contributed by atoms with Gasteiger partial charge in [0.1, 0.15) is 12.2 Å². The predicted molar refractivity (Wildman–Crippen MR) is 180 cm³/mol. The maximum absolute atomic E-state index is 13.5. The Hall–Kier alpha value is -3.90. The largest absolute Gasteiger partial charge is 0.493 e. The number of amides is 1. The maximum Gasteiger partial charge on any atom is 0.416 e. The Morgan fingerprint density at radius 1 is 1.02 bits per heavy atom. The molecular weight excluding hydrogens is 663 g/mol. The van der Waals surface area contributed by atoms with Crippen molar-refractivity contribution in [2.75, 3.05) is 38.8 Å². The summed E-state index contributed by atoms with van der Waals surface area (Å²) in [5.41, 5.74) is 2.40. The smallest absolute Gasteiger partial charge is 0.416 e. The van der Waals surface area contributed by atoms with Gasteiger partial charge in [0.25, 0.3) is 0 Å². The number of esters is 1. The minimum atomic E-state index is -0.763. The molecule has 3 aliphatic heterocycles. The fourth-order valence-electron chi connectivity index (χ4n) is 6.02. The SMILES string of the molecule is COc1ccc([C@H](Cc2c(Cl)cncc2Cl)OC(=O)c2ccc(CN(C(=O)O[C@H]3CN4CCC3CC4)c3nccs3)cc2)cc1OC. The van der Waals surface area contributed by atoms with Crippen molar-refractivity contribution in [3.8, 4) is 11.5 Å². The number of methoxy groups -OCH3 is 2. The average molecular weight is 698 g/mol. The minimum Gasteiger partial charge on any atom is -0.493 e. The van der Waals surface area contributed by atoms with Crippen LogP contribution in [0.4, 0.5) is 9.93 Å². The van der Waals surface area contributed by atoms with Gasteiger partial charge in [0, 0.05) is 36.9 Å². The van der Waals surface area contributed by atoms with Crippen LogP contribution in [0.25, 0.3) is 0 Å². The van der Waals surface area contributed by atoms with Crippen LogP contribution in [-0.4, -0.2) is 66.9 Å². The fourth-order valence-corrected chi connectivity index (χ4v) is 7.17. The number of ether oxygens (including phenoxy) is 4. The second kappa shape index (κ2) is 14.9. The Balaban J connectivity index is 1.19. The van der Waals surface area contributed by atoms with Gasteiger partial charge in [-0.25, -0.2) is 19.5 Å². The van der Waals surface area contributed by atoms with E-state index >= 15 is 0 Å². The van der Waals surface area contributed by atoms with Gasteiger partial charge < -0.3 is 18.9 Å². The van der Waals surface area contributed by atoms with Gasteiger partial charge in [-0.05, 0) is 72.8 Å². The molecule has 2 aromatic heterocycles. The number of hydrogen-bond acceptors (Lipinski definition) is 10. The second-order valence-electron chi connectivity index (χ2n) is 11.5. The van der Waals surface area contributed by atoms with Gasteiger partial charge in [0.05, 0.1) is 36.4 Å². The zero-order chi connectivity index (χ0) is 32.9. The summed E-state index contributed by atoms with van der Waals surface area (Å²) in [5.74, 6) is 0.868. The van der Waals surface area contributed by atoms with Crippen LogP contribution in [0.5, 0.6) is 11.5 Å². The van der Waals surface area contributed by atoms with E-state index in [0.29, 0.717) is 49.3 Å². The molecule has 0 N–H and O–H groups in total. The standard InChI is InChI=1S/C34H34Cl2N4O6S/c1-43-28-8-7-24(15-30(28)44-2)29(16-25-26(35)17-37-18-27(25)36)45-32(41)23-5-3-21(4-6-23)19-40(33-38-11-14-47-33)34(42)46-31-20-39-12-9-22(31)10-13-39/h3-8,11,14-15,17-18,22,29,31H,9-10,12-13,16,19-20H2,1-2H3/t29-,31-/m0/s1. The Morgan fingerprint density at radius 3 is 2.36 bits per heavy atom. The molecule has 5 heterocycles. The molecule has 4 aromatic rings. The number of benzene rings is 2. The summed E-state index contributed by atoms with van der Waals surface area (Å²) >= 11 is 14.2. The fraction of sp³-hybridized carbons (Fsp3) is 0.353. The molecular formula is C34H34Cl2N4O6S. The van der Waals surface area contributed by atoms with Gasteiger partial charge >= 0.3 is 12.1 Å². The molecule has 0 aliphatic carbocycles. The molecule has 2 atom stereocenters. The molecule has 3 fully saturated rings.